The maximum absolute atomic E-state index is 10.8. The predicted octanol–water partition coefficient (Wildman–Crippen LogP) is 1.70. The average Bonchev–Trinajstić information content (AvgIpc) is 2.58. The lowest BCUT2D eigenvalue weighted by molar-refractivity contribution is -0.117. The van der Waals surface area contributed by atoms with Crippen molar-refractivity contribution in [3.05, 3.63) is 0 Å². The van der Waals surface area contributed by atoms with Gasteiger partial charge < -0.3 is 9.69 Å². The summed E-state index contributed by atoms with van der Waals surface area (Å²) in [5.74, 6) is 1.22. The van der Waals surface area contributed by atoms with Crippen LogP contribution in [0.3, 0.4) is 0 Å². The first-order valence-electron chi connectivity index (χ1n) is 5.30. The van der Waals surface area contributed by atoms with Crippen molar-refractivity contribution in [3.63, 3.8) is 0 Å². The van der Waals surface area contributed by atoms with Crippen LogP contribution in [0.25, 0.3) is 0 Å². The van der Waals surface area contributed by atoms with Gasteiger partial charge in [-0.15, -0.1) is 0 Å². The molecule has 2 unspecified atom stereocenters. The number of hydrogen-bond acceptors (Lipinski definition) is 2. The van der Waals surface area contributed by atoms with Crippen LogP contribution in [0.5, 0.6) is 0 Å². The highest BCUT2D eigenvalue weighted by Gasteiger charge is 2.55. The molecule has 0 aromatic carbocycles. The fraction of sp³-hybridized carbons (Fsp3) is 0.909. The zero-order valence-electron chi connectivity index (χ0n) is 8.68. The number of carbonyl (C=O) groups is 1. The zero-order chi connectivity index (χ0) is 9.47. The second-order valence-corrected chi connectivity index (χ2v) is 4.99. The molecule has 2 fully saturated rings. The highest BCUT2D eigenvalue weighted by Crippen LogP contribution is 2.60. The van der Waals surface area contributed by atoms with E-state index in [1.807, 2.05) is 0 Å². The van der Waals surface area contributed by atoms with Crippen LogP contribution in [-0.2, 0) is 4.79 Å². The molecule has 1 saturated carbocycles. The third-order valence-electron chi connectivity index (χ3n) is 3.78. The molecule has 1 heterocycles. The van der Waals surface area contributed by atoms with Gasteiger partial charge in [0.1, 0.15) is 5.78 Å². The van der Waals surface area contributed by atoms with E-state index in [1.54, 1.807) is 6.92 Å². The molecule has 0 aromatic heterocycles. The maximum atomic E-state index is 10.8. The Bertz CT molecular complexity index is 226. The lowest BCUT2D eigenvalue weighted by Crippen LogP contribution is -2.15. The molecule has 2 aliphatic rings. The van der Waals surface area contributed by atoms with E-state index in [9.17, 15) is 4.79 Å². The minimum Gasteiger partial charge on any atom is -0.306 e. The molecule has 74 valence electrons. The van der Waals surface area contributed by atoms with Gasteiger partial charge in [0.05, 0.1) is 0 Å². The first-order chi connectivity index (χ1) is 6.12. The molecule has 0 radical (unpaired) electrons. The number of ketones is 1. The van der Waals surface area contributed by atoms with E-state index < -0.39 is 0 Å². The quantitative estimate of drug-likeness (QED) is 0.660. The first-order valence-corrected chi connectivity index (χ1v) is 5.30. The highest BCUT2D eigenvalue weighted by molar-refractivity contribution is 5.75. The predicted molar refractivity (Wildman–Crippen MR) is 52.6 cm³/mol. The van der Waals surface area contributed by atoms with Crippen LogP contribution in [0.15, 0.2) is 0 Å². The Kier molecular flexibility index (Phi) is 2.18. The molecule has 0 bridgehead atoms. The summed E-state index contributed by atoms with van der Waals surface area (Å²) in [6.45, 7) is 4.24. The van der Waals surface area contributed by atoms with Crippen molar-refractivity contribution >= 4 is 5.78 Å². The third kappa shape index (κ3) is 1.78. The number of nitrogens with zero attached hydrogens (tertiary/aromatic N) is 1. The molecule has 0 aromatic rings. The van der Waals surface area contributed by atoms with Gasteiger partial charge in [-0.05, 0) is 51.1 Å². The van der Waals surface area contributed by atoms with Gasteiger partial charge in [0.25, 0.3) is 0 Å². The van der Waals surface area contributed by atoms with Crippen LogP contribution in [0, 0.1) is 11.3 Å². The Balaban J connectivity index is 1.78. The molecule has 0 amide bonds. The molecule has 2 nitrogen and oxygen atoms in total. The van der Waals surface area contributed by atoms with Crippen molar-refractivity contribution in [2.75, 3.05) is 20.1 Å². The van der Waals surface area contributed by atoms with Crippen molar-refractivity contribution < 1.29 is 4.79 Å². The monoisotopic (exact) mass is 181 g/mol. The number of Topliss-reactive ketones (excluding diaryl/α,β-unsaturated/α-hetero) is 1. The Morgan fingerprint density at radius 2 is 2.38 bits per heavy atom. The Hall–Kier alpha value is -0.370. The van der Waals surface area contributed by atoms with Crippen molar-refractivity contribution in [2.45, 2.75) is 32.6 Å². The topological polar surface area (TPSA) is 20.3 Å². The number of rotatable bonds is 3. The minimum absolute atomic E-state index is 0.355. The second kappa shape index (κ2) is 3.09. The number of carbonyl (C=O) groups excluding carboxylic acids is 1. The van der Waals surface area contributed by atoms with Crippen LogP contribution in [0.4, 0.5) is 0 Å². The molecule has 2 atom stereocenters. The normalized spacial score (nSPS) is 38.5. The van der Waals surface area contributed by atoms with Gasteiger partial charge in [0.2, 0.25) is 0 Å². The summed E-state index contributed by atoms with van der Waals surface area (Å²) < 4.78 is 0. The van der Waals surface area contributed by atoms with Crippen LogP contribution in [-0.4, -0.2) is 30.8 Å². The van der Waals surface area contributed by atoms with Gasteiger partial charge in [-0.3, -0.25) is 0 Å². The Labute approximate surface area is 80.3 Å². The van der Waals surface area contributed by atoms with Crippen molar-refractivity contribution in [2.24, 2.45) is 11.3 Å². The van der Waals surface area contributed by atoms with Crippen molar-refractivity contribution in [1.29, 1.82) is 0 Å². The molecule has 1 aliphatic carbocycles. The van der Waals surface area contributed by atoms with E-state index in [4.69, 9.17) is 0 Å². The largest absolute Gasteiger partial charge is 0.306 e. The maximum Gasteiger partial charge on any atom is 0.129 e. The van der Waals surface area contributed by atoms with Crippen LogP contribution in [0.2, 0.25) is 0 Å². The molecule has 2 heteroatoms. The van der Waals surface area contributed by atoms with E-state index in [1.165, 1.54) is 25.9 Å². The molecule has 1 aliphatic heterocycles. The van der Waals surface area contributed by atoms with Crippen LogP contribution in [0.1, 0.15) is 32.6 Å². The van der Waals surface area contributed by atoms with E-state index >= 15 is 0 Å². The van der Waals surface area contributed by atoms with Crippen LogP contribution >= 0.6 is 0 Å². The Morgan fingerprint density at radius 3 is 2.92 bits per heavy atom. The van der Waals surface area contributed by atoms with Gasteiger partial charge in [0, 0.05) is 13.0 Å². The molecular weight excluding hydrogens is 162 g/mol. The molecule has 13 heavy (non-hydrogen) atoms. The summed E-state index contributed by atoms with van der Waals surface area (Å²) in [5, 5.41) is 0. The van der Waals surface area contributed by atoms with Crippen LogP contribution < -0.4 is 0 Å². The summed E-state index contributed by atoms with van der Waals surface area (Å²) in [5.41, 5.74) is 0.643. The third-order valence-corrected chi connectivity index (χ3v) is 3.78. The van der Waals surface area contributed by atoms with E-state index in [-0.39, 0.29) is 0 Å². The number of likely N-dealkylation sites (tertiary alicyclic amines) is 1. The highest BCUT2D eigenvalue weighted by atomic mass is 16.1. The molecule has 0 N–H and O–H groups in total. The lowest BCUT2D eigenvalue weighted by Gasteiger charge is -2.09. The first kappa shape index (κ1) is 9.20. The zero-order valence-corrected chi connectivity index (χ0v) is 8.68. The van der Waals surface area contributed by atoms with Gasteiger partial charge in [-0.1, -0.05) is 0 Å². The summed E-state index contributed by atoms with van der Waals surface area (Å²) in [4.78, 5) is 13.3. The lowest BCUT2D eigenvalue weighted by atomic mass is 10.00. The summed E-state index contributed by atoms with van der Waals surface area (Å²) in [6, 6.07) is 0. The van der Waals surface area contributed by atoms with E-state index in [0.29, 0.717) is 11.2 Å². The summed E-state index contributed by atoms with van der Waals surface area (Å²) in [7, 11) is 2.20. The van der Waals surface area contributed by atoms with E-state index in [2.05, 4.69) is 11.9 Å². The molecule has 1 spiro atoms. The fourth-order valence-corrected chi connectivity index (χ4v) is 2.83. The van der Waals surface area contributed by atoms with Gasteiger partial charge >= 0.3 is 0 Å². The summed E-state index contributed by atoms with van der Waals surface area (Å²) >= 11 is 0. The van der Waals surface area contributed by atoms with Crippen molar-refractivity contribution in [1.82, 2.24) is 4.90 Å². The summed E-state index contributed by atoms with van der Waals surface area (Å²) in [6.07, 6.45) is 4.69. The molecule has 2 rings (SSSR count). The van der Waals surface area contributed by atoms with Crippen molar-refractivity contribution in [3.8, 4) is 0 Å². The van der Waals surface area contributed by atoms with Gasteiger partial charge in [-0.25, -0.2) is 0 Å². The fourth-order valence-electron chi connectivity index (χ4n) is 2.83. The SMILES string of the molecule is CC(=O)CCC1CC12CCN(C)C2. The Morgan fingerprint density at radius 1 is 1.62 bits per heavy atom. The van der Waals surface area contributed by atoms with E-state index in [0.717, 1.165) is 18.8 Å². The van der Waals surface area contributed by atoms with Gasteiger partial charge in [-0.2, -0.15) is 0 Å². The minimum atomic E-state index is 0.355. The van der Waals surface area contributed by atoms with Gasteiger partial charge in [0.15, 0.2) is 0 Å². The smallest absolute Gasteiger partial charge is 0.129 e. The standard InChI is InChI=1S/C11H19NO/c1-9(13)3-4-10-7-11(10)5-6-12(2)8-11/h10H,3-8H2,1-2H3. The molecular formula is C11H19NO. The number of hydrogen-bond donors (Lipinski definition) is 0. The second-order valence-electron chi connectivity index (χ2n) is 4.99. The average molecular weight is 181 g/mol. The molecule has 1 saturated heterocycles.